The zero-order valence-electron chi connectivity index (χ0n) is 20.2. The Morgan fingerprint density at radius 3 is 2.14 bits per heavy atom. The molecule has 0 aliphatic carbocycles. The number of ketones is 1. The molecule has 0 bridgehead atoms. The van der Waals surface area contributed by atoms with Gasteiger partial charge in [-0.1, -0.05) is 18.2 Å². The zero-order valence-corrected chi connectivity index (χ0v) is 20.2. The van der Waals surface area contributed by atoms with Gasteiger partial charge in [0.15, 0.2) is 11.2 Å². The van der Waals surface area contributed by atoms with Crippen molar-refractivity contribution in [3.63, 3.8) is 0 Å². The third kappa shape index (κ3) is 3.87. The second-order valence-corrected chi connectivity index (χ2v) is 8.44. The molecule has 8 nitrogen and oxygen atoms in total. The summed E-state index contributed by atoms with van der Waals surface area (Å²) in [5.74, 6) is -0.725. The molecule has 2 aliphatic heterocycles. The Kier molecular flexibility index (Phi) is 6.80. The van der Waals surface area contributed by atoms with E-state index in [9.17, 15) is 20.1 Å². The Morgan fingerprint density at radius 1 is 1.00 bits per heavy atom. The van der Waals surface area contributed by atoms with Gasteiger partial charge in [-0.3, -0.25) is 9.59 Å². The van der Waals surface area contributed by atoms with Crippen molar-refractivity contribution in [2.75, 3.05) is 20.8 Å². The standard InChI is InChI=1S/C28H25N3O5/c1-4-36-27(33)28(17-30)23-14-5-18(15-29)16-31(23)25(24(28)19-6-10-21(34-2)11-7-19)26(32)20-8-12-22(35-3)13-9-20/h5-14,16,23-25H,4H2,1-3H3/t23-,24+,25-,28+/m1/s1. The van der Waals surface area contributed by atoms with Gasteiger partial charge in [0.1, 0.15) is 23.6 Å². The molecule has 2 heterocycles. The molecule has 182 valence electrons. The number of hydrogen-bond donors (Lipinski definition) is 0. The highest BCUT2D eigenvalue weighted by Gasteiger charge is 2.66. The topological polar surface area (TPSA) is 113 Å². The molecule has 4 atom stereocenters. The molecule has 0 radical (unpaired) electrons. The van der Waals surface area contributed by atoms with Gasteiger partial charge < -0.3 is 19.1 Å². The largest absolute Gasteiger partial charge is 0.497 e. The summed E-state index contributed by atoms with van der Waals surface area (Å²) in [6, 6.07) is 16.1. The van der Waals surface area contributed by atoms with Crippen LogP contribution in [0.15, 0.2) is 72.5 Å². The number of methoxy groups -OCH3 is 2. The quantitative estimate of drug-likeness (QED) is 0.432. The molecule has 0 aromatic heterocycles. The van der Waals surface area contributed by atoms with Crippen LogP contribution in [0.5, 0.6) is 11.5 Å². The van der Waals surface area contributed by atoms with Crippen LogP contribution in [0.4, 0.5) is 0 Å². The maximum absolute atomic E-state index is 14.1. The number of carbonyl (C=O) groups is 2. The molecular formula is C28H25N3O5. The molecule has 2 aromatic carbocycles. The molecule has 0 saturated carbocycles. The second kappa shape index (κ2) is 9.97. The van der Waals surface area contributed by atoms with E-state index in [1.165, 1.54) is 14.2 Å². The fraction of sp³-hybridized carbons (Fsp3) is 0.286. The third-order valence-corrected chi connectivity index (χ3v) is 6.71. The molecule has 2 aromatic rings. The minimum atomic E-state index is -1.74. The van der Waals surface area contributed by atoms with E-state index in [0.29, 0.717) is 28.2 Å². The first-order chi connectivity index (χ1) is 17.4. The highest BCUT2D eigenvalue weighted by atomic mass is 16.5. The highest BCUT2D eigenvalue weighted by Crippen LogP contribution is 2.54. The normalized spacial score (nSPS) is 24.1. The summed E-state index contributed by atoms with van der Waals surface area (Å²) < 4.78 is 15.9. The molecule has 0 amide bonds. The number of hydrogen-bond acceptors (Lipinski definition) is 8. The summed E-state index contributed by atoms with van der Waals surface area (Å²) >= 11 is 0. The van der Waals surface area contributed by atoms with E-state index in [-0.39, 0.29) is 12.4 Å². The second-order valence-electron chi connectivity index (χ2n) is 8.44. The molecular weight excluding hydrogens is 458 g/mol. The Labute approximate surface area is 209 Å². The Balaban J connectivity index is 1.96. The molecule has 1 fully saturated rings. The van der Waals surface area contributed by atoms with Crippen molar-refractivity contribution >= 4 is 11.8 Å². The number of nitriles is 2. The number of ether oxygens (including phenoxy) is 3. The fourth-order valence-corrected chi connectivity index (χ4v) is 5.04. The van der Waals surface area contributed by atoms with Crippen LogP contribution in [-0.4, -0.2) is 49.6 Å². The number of allylic oxidation sites excluding steroid dienone is 2. The fourth-order valence-electron chi connectivity index (χ4n) is 5.04. The zero-order chi connectivity index (χ0) is 25.9. The first-order valence-corrected chi connectivity index (χ1v) is 11.4. The van der Waals surface area contributed by atoms with Gasteiger partial charge in [-0.15, -0.1) is 0 Å². The summed E-state index contributed by atoms with van der Waals surface area (Å²) in [5.41, 5.74) is -0.445. The van der Waals surface area contributed by atoms with Crippen LogP contribution in [0, 0.1) is 28.1 Å². The molecule has 0 unspecified atom stereocenters. The highest BCUT2D eigenvalue weighted by molar-refractivity contribution is 6.03. The SMILES string of the molecule is CCOC(=O)[C@]1(C#N)[C@@H](c2ccc(OC)cc2)[C@H](C(=O)c2ccc(OC)cc2)N2C=C(C#N)C=C[C@@H]21. The van der Waals surface area contributed by atoms with Gasteiger partial charge >= 0.3 is 5.97 Å². The van der Waals surface area contributed by atoms with Crippen molar-refractivity contribution in [2.24, 2.45) is 5.41 Å². The van der Waals surface area contributed by atoms with Crippen molar-refractivity contribution in [2.45, 2.75) is 24.9 Å². The first kappa shape index (κ1) is 24.6. The summed E-state index contributed by atoms with van der Waals surface area (Å²) in [6.45, 7) is 1.74. The van der Waals surface area contributed by atoms with E-state index >= 15 is 0 Å². The van der Waals surface area contributed by atoms with Crippen LogP contribution in [0.2, 0.25) is 0 Å². The Morgan fingerprint density at radius 2 is 1.61 bits per heavy atom. The smallest absolute Gasteiger partial charge is 0.329 e. The maximum Gasteiger partial charge on any atom is 0.329 e. The van der Waals surface area contributed by atoms with Crippen molar-refractivity contribution < 1.29 is 23.8 Å². The van der Waals surface area contributed by atoms with Gasteiger partial charge in [0.05, 0.1) is 38.5 Å². The lowest BCUT2D eigenvalue weighted by Crippen LogP contribution is -2.45. The first-order valence-electron chi connectivity index (χ1n) is 11.4. The van der Waals surface area contributed by atoms with Crippen LogP contribution in [0.1, 0.15) is 28.8 Å². The van der Waals surface area contributed by atoms with Gasteiger partial charge in [0.25, 0.3) is 0 Å². The van der Waals surface area contributed by atoms with Crippen molar-refractivity contribution in [3.8, 4) is 23.6 Å². The molecule has 36 heavy (non-hydrogen) atoms. The summed E-state index contributed by atoms with van der Waals surface area (Å²) in [5, 5.41) is 20.2. The van der Waals surface area contributed by atoms with Gasteiger partial charge in [-0.2, -0.15) is 10.5 Å². The summed E-state index contributed by atoms with van der Waals surface area (Å²) in [6.07, 6.45) is 4.75. The molecule has 4 rings (SSSR count). The number of nitrogens with zero attached hydrogens (tertiary/aromatic N) is 3. The predicted octanol–water partition coefficient (Wildman–Crippen LogP) is 3.77. The van der Waals surface area contributed by atoms with E-state index in [1.54, 1.807) is 78.7 Å². The molecule has 2 aliphatic rings. The monoisotopic (exact) mass is 483 g/mol. The average molecular weight is 484 g/mol. The minimum Gasteiger partial charge on any atom is -0.497 e. The summed E-state index contributed by atoms with van der Waals surface area (Å²) in [4.78, 5) is 29.3. The summed E-state index contributed by atoms with van der Waals surface area (Å²) in [7, 11) is 3.07. The van der Waals surface area contributed by atoms with Crippen LogP contribution >= 0.6 is 0 Å². The van der Waals surface area contributed by atoms with Crippen LogP contribution < -0.4 is 9.47 Å². The van der Waals surface area contributed by atoms with Crippen LogP contribution in [0.3, 0.4) is 0 Å². The number of esters is 1. The maximum atomic E-state index is 14.1. The van der Waals surface area contributed by atoms with E-state index in [4.69, 9.17) is 14.2 Å². The van der Waals surface area contributed by atoms with Crippen molar-refractivity contribution in [3.05, 3.63) is 83.6 Å². The van der Waals surface area contributed by atoms with Crippen LogP contribution in [-0.2, 0) is 9.53 Å². The van der Waals surface area contributed by atoms with Crippen LogP contribution in [0.25, 0.3) is 0 Å². The predicted molar refractivity (Wildman–Crippen MR) is 130 cm³/mol. The lowest BCUT2D eigenvalue weighted by Gasteiger charge is -2.32. The minimum absolute atomic E-state index is 0.0738. The number of fused-ring (bicyclic) bond motifs is 1. The molecule has 0 spiro atoms. The van der Waals surface area contributed by atoms with E-state index < -0.39 is 29.4 Å². The number of carbonyl (C=O) groups excluding carboxylic acids is 2. The third-order valence-electron chi connectivity index (χ3n) is 6.71. The molecule has 0 N–H and O–H groups in total. The Hall–Kier alpha value is -4.56. The lowest BCUT2D eigenvalue weighted by atomic mass is 9.68. The number of Topliss-reactive ketones (excluding diaryl/α,β-unsaturated/α-hetero) is 1. The number of benzene rings is 2. The van der Waals surface area contributed by atoms with E-state index in [1.807, 2.05) is 0 Å². The molecule has 8 heteroatoms. The number of rotatable bonds is 7. The van der Waals surface area contributed by atoms with E-state index in [0.717, 1.165) is 0 Å². The van der Waals surface area contributed by atoms with Gasteiger partial charge in [0, 0.05) is 17.7 Å². The average Bonchev–Trinajstić information content (AvgIpc) is 3.23. The van der Waals surface area contributed by atoms with Crippen molar-refractivity contribution in [1.82, 2.24) is 4.90 Å². The van der Waals surface area contributed by atoms with Gasteiger partial charge in [-0.25, -0.2) is 0 Å². The Bertz CT molecular complexity index is 1300. The van der Waals surface area contributed by atoms with E-state index in [2.05, 4.69) is 12.1 Å². The van der Waals surface area contributed by atoms with Crippen molar-refractivity contribution in [1.29, 1.82) is 10.5 Å². The molecule has 1 saturated heterocycles. The van der Waals surface area contributed by atoms with Gasteiger partial charge in [0.2, 0.25) is 0 Å². The van der Waals surface area contributed by atoms with Gasteiger partial charge in [-0.05, 0) is 55.0 Å². The lowest BCUT2D eigenvalue weighted by molar-refractivity contribution is -0.153.